The SMILES string of the molecule is CCOC(=O)c1cn2ncc(C#N)c(Oc3ccc4[nH]c(C)cc4c3)c2c1C. The van der Waals surface area contributed by atoms with E-state index in [-0.39, 0.29) is 12.2 Å². The van der Waals surface area contributed by atoms with E-state index in [4.69, 9.17) is 9.47 Å². The summed E-state index contributed by atoms with van der Waals surface area (Å²) in [5, 5.41) is 14.8. The van der Waals surface area contributed by atoms with Crippen LogP contribution in [0.1, 0.15) is 34.1 Å². The van der Waals surface area contributed by atoms with Crippen molar-refractivity contribution in [1.29, 1.82) is 5.26 Å². The number of fused-ring (bicyclic) bond motifs is 2. The van der Waals surface area contributed by atoms with E-state index in [9.17, 15) is 10.1 Å². The summed E-state index contributed by atoms with van der Waals surface area (Å²) >= 11 is 0. The van der Waals surface area contributed by atoms with Crippen molar-refractivity contribution in [2.24, 2.45) is 0 Å². The zero-order chi connectivity index (χ0) is 19.8. The molecule has 140 valence electrons. The van der Waals surface area contributed by atoms with E-state index in [0.29, 0.717) is 28.1 Å². The topological polar surface area (TPSA) is 92.4 Å². The van der Waals surface area contributed by atoms with E-state index in [2.05, 4.69) is 16.2 Å². The molecule has 1 aromatic carbocycles. The molecule has 4 aromatic rings. The maximum absolute atomic E-state index is 12.2. The van der Waals surface area contributed by atoms with Crippen LogP contribution in [0.3, 0.4) is 0 Å². The van der Waals surface area contributed by atoms with Crippen LogP contribution in [0.25, 0.3) is 16.4 Å². The van der Waals surface area contributed by atoms with Crippen LogP contribution in [0, 0.1) is 25.2 Å². The Kier molecular flexibility index (Phi) is 4.24. The lowest BCUT2D eigenvalue weighted by Crippen LogP contribution is -2.04. The summed E-state index contributed by atoms with van der Waals surface area (Å²) in [5.41, 5.74) is 3.95. The second-order valence-corrected chi connectivity index (χ2v) is 6.48. The predicted octanol–water partition coefficient (Wildman–Crippen LogP) is 4.27. The van der Waals surface area contributed by atoms with Crippen molar-refractivity contribution < 1.29 is 14.3 Å². The molecule has 0 saturated carbocycles. The number of carbonyl (C=O) groups is 1. The van der Waals surface area contributed by atoms with Gasteiger partial charge in [-0.15, -0.1) is 0 Å². The van der Waals surface area contributed by atoms with E-state index in [1.54, 1.807) is 20.0 Å². The number of hydrogen-bond donors (Lipinski definition) is 1. The lowest BCUT2D eigenvalue weighted by Gasteiger charge is -2.10. The number of ether oxygens (including phenoxy) is 2. The Bertz CT molecular complexity index is 1260. The third-order valence-electron chi connectivity index (χ3n) is 4.57. The summed E-state index contributed by atoms with van der Waals surface area (Å²) in [4.78, 5) is 15.5. The van der Waals surface area contributed by atoms with E-state index >= 15 is 0 Å². The van der Waals surface area contributed by atoms with E-state index < -0.39 is 5.97 Å². The Hall–Kier alpha value is -3.79. The molecule has 0 aliphatic heterocycles. The van der Waals surface area contributed by atoms with E-state index in [1.165, 1.54) is 10.7 Å². The fourth-order valence-electron chi connectivity index (χ4n) is 3.29. The van der Waals surface area contributed by atoms with Gasteiger partial charge in [0.15, 0.2) is 5.75 Å². The van der Waals surface area contributed by atoms with Gasteiger partial charge in [0.1, 0.15) is 22.9 Å². The number of nitrogens with zero attached hydrogens (tertiary/aromatic N) is 3. The first-order chi connectivity index (χ1) is 13.5. The monoisotopic (exact) mass is 374 g/mol. The van der Waals surface area contributed by atoms with Crippen LogP contribution in [0.15, 0.2) is 36.7 Å². The first kappa shape index (κ1) is 17.6. The zero-order valence-electron chi connectivity index (χ0n) is 15.7. The van der Waals surface area contributed by atoms with Crippen molar-refractivity contribution in [2.45, 2.75) is 20.8 Å². The molecule has 0 saturated heterocycles. The first-order valence-electron chi connectivity index (χ1n) is 8.87. The van der Waals surface area contributed by atoms with Crippen LogP contribution >= 0.6 is 0 Å². The van der Waals surface area contributed by atoms with Gasteiger partial charge in [-0.05, 0) is 50.6 Å². The number of nitrogens with one attached hydrogen (secondary N) is 1. The molecule has 3 aromatic heterocycles. The van der Waals surface area contributed by atoms with Crippen LogP contribution in [0.4, 0.5) is 0 Å². The predicted molar refractivity (Wildman–Crippen MR) is 104 cm³/mol. The standard InChI is InChI=1S/C21H18N4O3/c1-4-27-21(26)17-11-25-19(13(17)3)20(15(9-22)10-23-25)28-16-5-6-18-14(8-16)7-12(2)24-18/h5-8,10-11,24H,4H2,1-3H3. The van der Waals surface area contributed by atoms with E-state index in [0.717, 1.165) is 16.6 Å². The Morgan fingerprint density at radius 1 is 1.32 bits per heavy atom. The molecular weight excluding hydrogens is 356 g/mol. The number of aromatic nitrogens is 3. The van der Waals surface area contributed by atoms with Gasteiger partial charge in [0.25, 0.3) is 0 Å². The molecule has 3 heterocycles. The molecule has 0 bridgehead atoms. The molecule has 1 N–H and O–H groups in total. The molecule has 0 spiro atoms. The highest BCUT2D eigenvalue weighted by molar-refractivity contribution is 5.95. The molecule has 28 heavy (non-hydrogen) atoms. The molecule has 0 atom stereocenters. The van der Waals surface area contributed by atoms with Gasteiger partial charge in [0.2, 0.25) is 0 Å². The van der Waals surface area contributed by atoms with Gasteiger partial charge in [0.05, 0.1) is 18.4 Å². The molecule has 0 unspecified atom stereocenters. The van der Waals surface area contributed by atoms with E-state index in [1.807, 2.05) is 31.2 Å². The number of carbonyl (C=O) groups excluding carboxylic acids is 1. The quantitative estimate of drug-likeness (QED) is 0.539. The van der Waals surface area contributed by atoms with Crippen LogP contribution in [-0.4, -0.2) is 27.2 Å². The lowest BCUT2D eigenvalue weighted by molar-refractivity contribution is 0.0525. The molecule has 0 radical (unpaired) electrons. The minimum atomic E-state index is -0.431. The second-order valence-electron chi connectivity index (χ2n) is 6.48. The van der Waals surface area contributed by atoms with Gasteiger partial charge in [-0.3, -0.25) is 0 Å². The third-order valence-corrected chi connectivity index (χ3v) is 4.57. The molecular formula is C21H18N4O3. The number of benzene rings is 1. The van der Waals surface area contributed by atoms with Crippen molar-refractivity contribution in [3.8, 4) is 17.6 Å². The molecule has 7 nitrogen and oxygen atoms in total. The Labute approximate surface area is 161 Å². The highest BCUT2D eigenvalue weighted by Crippen LogP contribution is 2.34. The fraction of sp³-hybridized carbons (Fsp3) is 0.190. The number of aryl methyl sites for hydroxylation is 2. The Morgan fingerprint density at radius 3 is 2.89 bits per heavy atom. The van der Waals surface area contributed by atoms with Crippen LogP contribution < -0.4 is 4.74 Å². The maximum atomic E-state index is 12.2. The first-order valence-corrected chi connectivity index (χ1v) is 8.87. The summed E-state index contributed by atoms with van der Waals surface area (Å²) in [6.07, 6.45) is 3.02. The van der Waals surface area contributed by atoms with Gasteiger partial charge in [-0.1, -0.05) is 0 Å². The second kappa shape index (κ2) is 6.74. The smallest absolute Gasteiger partial charge is 0.340 e. The van der Waals surface area contributed by atoms with Crippen molar-refractivity contribution >= 4 is 22.4 Å². The molecule has 0 aliphatic rings. The summed E-state index contributed by atoms with van der Waals surface area (Å²) < 4.78 is 12.8. The van der Waals surface area contributed by atoms with Gasteiger partial charge < -0.3 is 14.5 Å². The number of H-pyrrole nitrogens is 1. The summed E-state index contributed by atoms with van der Waals surface area (Å²) in [5.74, 6) is 0.519. The van der Waals surface area contributed by atoms with Crippen LogP contribution in [0.5, 0.6) is 11.5 Å². The normalized spacial score (nSPS) is 10.9. The Balaban J connectivity index is 1.86. The molecule has 7 heteroatoms. The molecule has 0 amide bonds. The molecule has 0 fully saturated rings. The van der Waals surface area contributed by atoms with Crippen molar-refractivity contribution in [3.05, 3.63) is 59.0 Å². The van der Waals surface area contributed by atoms with Crippen molar-refractivity contribution in [1.82, 2.24) is 14.6 Å². The largest absolute Gasteiger partial charge is 0.462 e. The third kappa shape index (κ3) is 2.85. The molecule has 4 rings (SSSR count). The number of hydrogen-bond acceptors (Lipinski definition) is 5. The minimum Gasteiger partial charge on any atom is -0.462 e. The number of esters is 1. The lowest BCUT2D eigenvalue weighted by atomic mass is 10.1. The number of rotatable bonds is 4. The van der Waals surface area contributed by atoms with Gasteiger partial charge in [-0.25, -0.2) is 9.31 Å². The highest BCUT2D eigenvalue weighted by Gasteiger charge is 2.21. The fourth-order valence-corrected chi connectivity index (χ4v) is 3.29. The summed E-state index contributed by atoms with van der Waals surface area (Å²) in [6.45, 7) is 5.81. The van der Waals surface area contributed by atoms with Gasteiger partial charge in [-0.2, -0.15) is 10.4 Å². The van der Waals surface area contributed by atoms with Crippen molar-refractivity contribution in [2.75, 3.05) is 6.61 Å². The average molecular weight is 374 g/mol. The Morgan fingerprint density at radius 2 is 2.14 bits per heavy atom. The van der Waals surface area contributed by atoms with Crippen molar-refractivity contribution in [3.63, 3.8) is 0 Å². The highest BCUT2D eigenvalue weighted by atomic mass is 16.5. The maximum Gasteiger partial charge on any atom is 0.340 e. The van der Waals surface area contributed by atoms with Crippen LogP contribution in [0.2, 0.25) is 0 Å². The van der Waals surface area contributed by atoms with Gasteiger partial charge in [0, 0.05) is 22.8 Å². The number of aromatic amines is 1. The summed E-state index contributed by atoms with van der Waals surface area (Å²) in [6, 6.07) is 9.81. The minimum absolute atomic E-state index is 0.279. The summed E-state index contributed by atoms with van der Waals surface area (Å²) in [7, 11) is 0. The van der Waals surface area contributed by atoms with Gasteiger partial charge >= 0.3 is 5.97 Å². The molecule has 0 aliphatic carbocycles. The number of nitriles is 1. The van der Waals surface area contributed by atoms with Crippen LogP contribution in [-0.2, 0) is 4.74 Å². The average Bonchev–Trinajstić information content (AvgIpc) is 3.21. The zero-order valence-corrected chi connectivity index (χ0v) is 15.7.